The Hall–Kier alpha value is -2.37. The van der Waals surface area contributed by atoms with Gasteiger partial charge in [-0.1, -0.05) is 0 Å². The second kappa shape index (κ2) is 5.55. The van der Waals surface area contributed by atoms with Gasteiger partial charge in [-0.3, -0.25) is 9.59 Å². The molecule has 3 amide bonds. The summed E-state index contributed by atoms with van der Waals surface area (Å²) in [6.45, 7) is 5.24. The van der Waals surface area contributed by atoms with Gasteiger partial charge < -0.3 is 10.1 Å². The Labute approximate surface area is 123 Å². The zero-order valence-electron chi connectivity index (χ0n) is 12.3. The summed E-state index contributed by atoms with van der Waals surface area (Å²) in [6, 6.07) is 5.04. The number of anilines is 2. The Kier molecular flexibility index (Phi) is 3.97. The van der Waals surface area contributed by atoms with Crippen molar-refractivity contribution in [2.24, 2.45) is 0 Å². The average Bonchev–Trinajstić information content (AvgIpc) is 2.37. The summed E-state index contributed by atoms with van der Waals surface area (Å²) in [5.74, 6) is -0.284. The molecule has 0 aromatic heterocycles. The number of nitrogens with zero attached hydrogens (tertiary/aromatic N) is 1. The van der Waals surface area contributed by atoms with Crippen LogP contribution >= 0.6 is 0 Å². The monoisotopic (exact) mass is 290 g/mol. The summed E-state index contributed by atoms with van der Waals surface area (Å²) < 4.78 is 5.28. The van der Waals surface area contributed by atoms with Crippen LogP contribution in [0.2, 0.25) is 0 Å². The van der Waals surface area contributed by atoms with E-state index in [1.807, 2.05) is 0 Å². The highest BCUT2D eigenvalue weighted by molar-refractivity contribution is 6.14. The molecule has 0 saturated heterocycles. The number of imide groups is 1. The molecule has 0 fully saturated rings. The number of carbonyl (C=O) groups is 3. The quantitative estimate of drug-likeness (QED) is 0.849. The van der Waals surface area contributed by atoms with Gasteiger partial charge in [0.25, 0.3) is 0 Å². The zero-order valence-corrected chi connectivity index (χ0v) is 12.3. The Morgan fingerprint density at radius 3 is 2.67 bits per heavy atom. The number of carbonyl (C=O) groups excluding carboxylic acids is 3. The fourth-order valence-electron chi connectivity index (χ4n) is 2.16. The molecule has 0 atom stereocenters. The molecule has 1 aliphatic rings. The van der Waals surface area contributed by atoms with E-state index in [0.29, 0.717) is 24.2 Å². The summed E-state index contributed by atoms with van der Waals surface area (Å²) in [5, 5.41) is 2.55. The van der Waals surface area contributed by atoms with Crippen molar-refractivity contribution in [1.82, 2.24) is 0 Å². The first kappa shape index (κ1) is 15.0. The number of fused-ring (bicyclic) bond motifs is 1. The van der Waals surface area contributed by atoms with Crippen molar-refractivity contribution < 1.29 is 19.1 Å². The third-order valence-electron chi connectivity index (χ3n) is 2.98. The standard InChI is InChI=1S/C15H18N2O4/c1-15(2,3)21-14(20)17-12-6-5-11(16-9-18)8-10(12)4-7-13(17)19/h5-6,8-9H,4,7H2,1-3H3,(H,16,18). The van der Waals surface area contributed by atoms with E-state index in [0.717, 1.165) is 10.5 Å². The topological polar surface area (TPSA) is 75.7 Å². The number of ether oxygens (including phenoxy) is 1. The lowest BCUT2D eigenvalue weighted by Crippen LogP contribution is -2.43. The maximum absolute atomic E-state index is 12.2. The van der Waals surface area contributed by atoms with Crippen molar-refractivity contribution in [2.75, 3.05) is 10.2 Å². The molecule has 6 nitrogen and oxygen atoms in total. The maximum Gasteiger partial charge on any atom is 0.421 e. The summed E-state index contributed by atoms with van der Waals surface area (Å²) >= 11 is 0. The van der Waals surface area contributed by atoms with E-state index in [4.69, 9.17) is 4.74 Å². The second-order valence-corrected chi connectivity index (χ2v) is 5.82. The van der Waals surface area contributed by atoms with Crippen LogP contribution in [0.1, 0.15) is 32.8 Å². The highest BCUT2D eigenvalue weighted by Gasteiger charge is 2.33. The van der Waals surface area contributed by atoms with Crippen LogP contribution in [-0.2, 0) is 20.7 Å². The first-order valence-corrected chi connectivity index (χ1v) is 6.71. The number of hydrogen-bond acceptors (Lipinski definition) is 4. The molecule has 0 unspecified atom stereocenters. The third kappa shape index (κ3) is 3.39. The molecule has 0 saturated carbocycles. The van der Waals surface area contributed by atoms with Gasteiger partial charge in [-0.15, -0.1) is 0 Å². The minimum absolute atomic E-state index is 0.233. The Morgan fingerprint density at radius 1 is 1.33 bits per heavy atom. The molecular weight excluding hydrogens is 272 g/mol. The Morgan fingerprint density at radius 2 is 2.05 bits per heavy atom. The largest absolute Gasteiger partial charge is 0.443 e. The molecule has 2 rings (SSSR count). The molecule has 1 aromatic rings. The van der Waals surface area contributed by atoms with E-state index in [2.05, 4.69) is 5.32 Å². The van der Waals surface area contributed by atoms with Crippen molar-refractivity contribution in [3.63, 3.8) is 0 Å². The molecule has 1 aliphatic heterocycles. The van der Waals surface area contributed by atoms with E-state index in [9.17, 15) is 14.4 Å². The predicted molar refractivity (Wildman–Crippen MR) is 78.2 cm³/mol. The number of amides is 3. The lowest BCUT2D eigenvalue weighted by molar-refractivity contribution is -0.118. The molecule has 1 heterocycles. The second-order valence-electron chi connectivity index (χ2n) is 5.82. The number of aryl methyl sites for hydroxylation is 1. The van der Waals surface area contributed by atoms with Crippen LogP contribution < -0.4 is 10.2 Å². The number of rotatable bonds is 2. The van der Waals surface area contributed by atoms with Crippen LogP contribution in [-0.4, -0.2) is 24.0 Å². The van der Waals surface area contributed by atoms with Gasteiger partial charge in [0.1, 0.15) is 5.60 Å². The van der Waals surface area contributed by atoms with Crippen molar-refractivity contribution in [3.05, 3.63) is 23.8 Å². The molecule has 21 heavy (non-hydrogen) atoms. The maximum atomic E-state index is 12.2. The van der Waals surface area contributed by atoms with Gasteiger partial charge in [0, 0.05) is 12.1 Å². The van der Waals surface area contributed by atoms with Gasteiger partial charge in [-0.2, -0.15) is 0 Å². The van der Waals surface area contributed by atoms with E-state index < -0.39 is 11.7 Å². The fraction of sp³-hybridized carbons (Fsp3) is 0.400. The molecular formula is C15H18N2O4. The van der Waals surface area contributed by atoms with E-state index in [-0.39, 0.29) is 12.3 Å². The van der Waals surface area contributed by atoms with Crippen molar-refractivity contribution in [3.8, 4) is 0 Å². The highest BCUT2D eigenvalue weighted by atomic mass is 16.6. The van der Waals surface area contributed by atoms with Gasteiger partial charge in [-0.05, 0) is 51.0 Å². The van der Waals surface area contributed by atoms with Crippen molar-refractivity contribution in [1.29, 1.82) is 0 Å². The fourth-order valence-corrected chi connectivity index (χ4v) is 2.16. The highest BCUT2D eigenvalue weighted by Crippen LogP contribution is 2.31. The van der Waals surface area contributed by atoms with Crippen molar-refractivity contribution in [2.45, 2.75) is 39.2 Å². The Bertz CT molecular complexity index is 590. The molecule has 0 radical (unpaired) electrons. The van der Waals surface area contributed by atoms with Gasteiger partial charge in [0.2, 0.25) is 12.3 Å². The van der Waals surface area contributed by atoms with Gasteiger partial charge in [0.05, 0.1) is 5.69 Å². The van der Waals surface area contributed by atoms with E-state index in [1.165, 1.54) is 0 Å². The number of hydrogen-bond donors (Lipinski definition) is 1. The first-order valence-electron chi connectivity index (χ1n) is 6.71. The first-order chi connectivity index (χ1) is 9.81. The predicted octanol–water partition coefficient (Wildman–Crippen LogP) is 2.47. The van der Waals surface area contributed by atoms with Crippen LogP contribution in [0.25, 0.3) is 0 Å². The average molecular weight is 290 g/mol. The molecule has 6 heteroatoms. The summed E-state index contributed by atoms with van der Waals surface area (Å²) in [6.07, 6.45) is 0.671. The molecule has 112 valence electrons. The van der Waals surface area contributed by atoms with Crippen molar-refractivity contribution >= 4 is 29.8 Å². The lowest BCUT2D eigenvalue weighted by Gasteiger charge is -2.30. The minimum atomic E-state index is -0.676. The van der Waals surface area contributed by atoms with Crippen LogP contribution in [0.5, 0.6) is 0 Å². The Balaban J connectivity index is 2.34. The third-order valence-corrected chi connectivity index (χ3v) is 2.98. The van der Waals surface area contributed by atoms with Crippen LogP contribution in [0, 0.1) is 0 Å². The molecule has 1 N–H and O–H groups in total. The van der Waals surface area contributed by atoms with Crippen LogP contribution in [0.4, 0.5) is 16.2 Å². The minimum Gasteiger partial charge on any atom is -0.443 e. The van der Waals surface area contributed by atoms with E-state index in [1.54, 1.807) is 39.0 Å². The number of benzene rings is 1. The summed E-state index contributed by atoms with van der Waals surface area (Å²) in [4.78, 5) is 35.8. The lowest BCUT2D eigenvalue weighted by atomic mass is 10.0. The van der Waals surface area contributed by atoms with Gasteiger partial charge in [-0.25, -0.2) is 9.69 Å². The molecule has 0 spiro atoms. The number of nitrogens with one attached hydrogen (secondary N) is 1. The molecule has 0 aliphatic carbocycles. The smallest absolute Gasteiger partial charge is 0.421 e. The SMILES string of the molecule is CC(C)(C)OC(=O)N1C(=O)CCc2cc(NC=O)ccc21. The molecule has 0 bridgehead atoms. The zero-order chi connectivity index (χ0) is 15.6. The van der Waals surface area contributed by atoms with Gasteiger partial charge in [0.15, 0.2) is 0 Å². The van der Waals surface area contributed by atoms with Crippen LogP contribution in [0.3, 0.4) is 0 Å². The van der Waals surface area contributed by atoms with E-state index >= 15 is 0 Å². The van der Waals surface area contributed by atoms with Crippen LogP contribution in [0.15, 0.2) is 18.2 Å². The summed E-state index contributed by atoms with van der Waals surface area (Å²) in [7, 11) is 0. The van der Waals surface area contributed by atoms with Gasteiger partial charge >= 0.3 is 6.09 Å². The molecule has 1 aromatic carbocycles. The normalized spacial score (nSPS) is 14.4. The summed E-state index contributed by atoms with van der Waals surface area (Å²) in [5.41, 5.74) is 1.29.